The van der Waals surface area contributed by atoms with E-state index in [-0.39, 0.29) is 27.8 Å². The highest BCUT2D eigenvalue weighted by Crippen LogP contribution is 2.31. The molecule has 0 aliphatic carbocycles. The number of amides is 1. The number of carbonyl (C=O) groups excluding carboxylic acids is 1. The van der Waals surface area contributed by atoms with E-state index in [9.17, 15) is 17.6 Å². The number of halogens is 3. The zero-order valence-corrected chi connectivity index (χ0v) is 18.3. The lowest BCUT2D eigenvalue weighted by Crippen LogP contribution is -2.45. The van der Waals surface area contributed by atoms with E-state index in [1.54, 1.807) is 30.3 Å². The van der Waals surface area contributed by atoms with Gasteiger partial charge in [-0.15, -0.1) is 0 Å². The van der Waals surface area contributed by atoms with Crippen molar-refractivity contribution in [2.75, 3.05) is 11.1 Å². The monoisotopic (exact) mass is 481 g/mol. The Bertz CT molecular complexity index is 1180. The van der Waals surface area contributed by atoms with Gasteiger partial charge in [0.25, 0.3) is 0 Å². The van der Waals surface area contributed by atoms with Crippen LogP contribution in [0.3, 0.4) is 0 Å². The topological polar surface area (TPSA) is 101 Å². The summed E-state index contributed by atoms with van der Waals surface area (Å²) < 4.78 is 41.9. The lowest BCUT2D eigenvalue weighted by Gasteiger charge is -2.19. The van der Waals surface area contributed by atoms with Gasteiger partial charge in [-0.05, 0) is 36.2 Å². The number of nitrogens with two attached hydrogens (primary N) is 1. The van der Waals surface area contributed by atoms with Crippen LogP contribution in [-0.4, -0.2) is 20.4 Å². The summed E-state index contributed by atoms with van der Waals surface area (Å²) in [4.78, 5) is 12.4. The molecule has 0 radical (unpaired) electrons. The normalized spacial score (nSPS) is 12.4. The van der Waals surface area contributed by atoms with Crippen molar-refractivity contribution in [3.8, 4) is 0 Å². The largest absolute Gasteiger partial charge is 0.396 e. The third-order valence-corrected chi connectivity index (χ3v) is 6.50. The Morgan fingerprint density at radius 2 is 1.58 bits per heavy atom. The van der Waals surface area contributed by atoms with Gasteiger partial charge in [0.1, 0.15) is 16.8 Å². The van der Waals surface area contributed by atoms with E-state index in [1.807, 2.05) is 0 Å². The maximum Gasteiger partial charge on any atom is 0.244 e. The summed E-state index contributed by atoms with van der Waals surface area (Å²) in [6, 6.07) is 15.3. The third-order valence-electron chi connectivity index (χ3n) is 4.37. The molecule has 10 heteroatoms. The Kier molecular flexibility index (Phi) is 7.17. The van der Waals surface area contributed by atoms with Crippen LogP contribution in [-0.2, 0) is 21.2 Å². The van der Waals surface area contributed by atoms with Crippen molar-refractivity contribution in [3.05, 3.63) is 88.2 Å². The average molecular weight is 482 g/mol. The van der Waals surface area contributed by atoms with Crippen molar-refractivity contribution in [1.29, 1.82) is 0 Å². The van der Waals surface area contributed by atoms with E-state index in [1.165, 1.54) is 24.3 Å². The molecule has 3 aromatic rings. The van der Waals surface area contributed by atoms with Crippen LogP contribution in [0.4, 0.5) is 15.8 Å². The van der Waals surface area contributed by atoms with Crippen molar-refractivity contribution >= 4 is 50.5 Å². The van der Waals surface area contributed by atoms with Crippen LogP contribution < -0.4 is 15.8 Å². The highest BCUT2D eigenvalue weighted by Gasteiger charge is 2.28. The van der Waals surface area contributed by atoms with Gasteiger partial charge in [0, 0.05) is 5.69 Å². The first-order chi connectivity index (χ1) is 14.7. The lowest BCUT2D eigenvalue weighted by atomic mass is 10.1. The number of rotatable bonds is 7. The Morgan fingerprint density at radius 3 is 2.19 bits per heavy atom. The molecule has 4 N–H and O–H groups in total. The third kappa shape index (κ3) is 5.74. The highest BCUT2D eigenvalue weighted by molar-refractivity contribution is 7.89. The molecule has 0 saturated heterocycles. The smallest absolute Gasteiger partial charge is 0.244 e. The Balaban J connectivity index is 1.91. The molecule has 0 aliphatic heterocycles. The van der Waals surface area contributed by atoms with Gasteiger partial charge < -0.3 is 11.1 Å². The maximum absolute atomic E-state index is 14.1. The van der Waals surface area contributed by atoms with E-state index in [0.29, 0.717) is 5.56 Å². The number of hydrogen-bond acceptors (Lipinski definition) is 4. The van der Waals surface area contributed by atoms with Crippen LogP contribution in [0.2, 0.25) is 10.0 Å². The van der Waals surface area contributed by atoms with Crippen LogP contribution in [0.5, 0.6) is 0 Å². The van der Waals surface area contributed by atoms with Gasteiger partial charge in [-0.1, -0.05) is 65.7 Å². The standard InChI is InChI=1S/C21H18Cl2FN3O3S/c22-15-11-14(12-16(23)20(15)25)26-21(28)18(10-13-6-2-1-3-7-13)27-31(29,30)19-9-5-4-8-17(19)24/h1-9,11-12,18,27H,10,25H2,(H,26,28). The molecular formula is C21H18Cl2FN3O3S. The number of nitrogen functional groups attached to an aromatic ring is 1. The van der Waals surface area contributed by atoms with E-state index < -0.39 is 32.7 Å². The number of anilines is 2. The number of hydrogen-bond donors (Lipinski definition) is 3. The highest BCUT2D eigenvalue weighted by atomic mass is 35.5. The Morgan fingerprint density at radius 1 is 1.00 bits per heavy atom. The molecule has 1 unspecified atom stereocenters. The van der Waals surface area contributed by atoms with Crippen molar-refractivity contribution in [2.24, 2.45) is 0 Å². The van der Waals surface area contributed by atoms with Gasteiger partial charge in [-0.25, -0.2) is 12.8 Å². The minimum absolute atomic E-state index is 0.0246. The summed E-state index contributed by atoms with van der Waals surface area (Å²) in [7, 11) is -4.33. The molecular weight excluding hydrogens is 464 g/mol. The fourth-order valence-corrected chi connectivity index (χ4v) is 4.60. The molecule has 6 nitrogen and oxygen atoms in total. The number of nitrogens with one attached hydrogen (secondary N) is 2. The second kappa shape index (κ2) is 9.65. The Labute approximate surface area is 189 Å². The number of benzene rings is 3. The summed E-state index contributed by atoms with van der Waals surface area (Å²) in [6.07, 6.45) is 0.0246. The van der Waals surface area contributed by atoms with Crippen LogP contribution >= 0.6 is 23.2 Å². The molecule has 162 valence electrons. The number of sulfonamides is 1. The van der Waals surface area contributed by atoms with E-state index in [4.69, 9.17) is 28.9 Å². The van der Waals surface area contributed by atoms with Gasteiger partial charge >= 0.3 is 0 Å². The predicted molar refractivity (Wildman–Crippen MR) is 120 cm³/mol. The summed E-state index contributed by atoms with van der Waals surface area (Å²) in [6.45, 7) is 0. The van der Waals surface area contributed by atoms with Gasteiger partial charge in [-0.3, -0.25) is 4.79 Å². The zero-order chi connectivity index (χ0) is 22.6. The minimum atomic E-state index is -4.33. The van der Waals surface area contributed by atoms with Crippen molar-refractivity contribution < 1.29 is 17.6 Å². The van der Waals surface area contributed by atoms with Gasteiger partial charge in [-0.2, -0.15) is 4.72 Å². The summed E-state index contributed by atoms with van der Waals surface area (Å²) in [5.41, 5.74) is 6.79. The molecule has 0 heterocycles. The first-order valence-electron chi connectivity index (χ1n) is 9.03. The van der Waals surface area contributed by atoms with Gasteiger partial charge in [0.2, 0.25) is 15.9 Å². The van der Waals surface area contributed by atoms with E-state index >= 15 is 0 Å². The van der Waals surface area contributed by atoms with E-state index in [0.717, 1.165) is 12.1 Å². The fourth-order valence-electron chi connectivity index (χ4n) is 2.84. The second-order valence-corrected chi connectivity index (χ2v) is 9.13. The molecule has 3 rings (SSSR count). The molecule has 0 aliphatic rings. The molecule has 0 fully saturated rings. The van der Waals surface area contributed by atoms with Gasteiger partial charge in [0.15, 0.2) is 0 Å². The zero-order valence-electron chi connectivity index (χ0n) is 16.0. The summed E-state index contributed by atoms with van der Waals surface area (Å²) in [5.74, 6) is -1.60. The molecule has 0 bridgehead atoms. The lowest BCUT2D eigenvalue weighted by molar-refractivity contribution is -0.117. The van der Waals surface area contributed by atoms with Crippen molar-refractivity contribution in [1.82, 2.24) is 4.72 Å². The van der Waals surface area contributed by atoms with Gasteiger partial charge in [0.05, 0.1) is 15.7 Å². The van der Waals surface area contributed by atoms with Crippen LogP contribution in [0.1, 0.15) is 5.56 Å². The minimum Gasteiger partial charge on any atom is -0.396 e. The van der Waals surface area contributed by atoms with Crippen LogP contribution in [0, 0.1) is 5.82 Å². The summed E-state index contributed by atoms with van der Waals surface area (Å²) >= 11 is 12.0. The number of carbonyl (C=O) groups is 1. The fraction of sp³-hybridized carbons (Fsp3) is 0.0952. The quantitative estimate of drug-likeness (QED) is 0.439. The first kappa shape index (κ1) is 23.0. The molecule has 0 aromatic heterocycles. The second-order valence-electron chi connectivity index (χ2n) is 6.64. The van der Waals surface area contributed by atoms with E-state index in [2.05, 4.69) is 10.0 Å². The first-order valence-corrected chi connectivity index (χ1v) is 11.3. The van der Waals surface area contributed by atoms with Crippen molar-refractivity contribution in [3.63, 3.8) is 0 Å². The SMILES string of the molecule is Nc1c(Cl)cc(NC(=O)C(Cc2ccccc2)NS(=O)(=O)c2ccccc2F)cc1Cl. The molecule has 1 amide bonds. The molecule has 0 spiro atoms. The molecule has 1 atom stereocenters. The van der Waals surface area contributed by atoms with Crippen LogP contribution in [0.15, 0.2) is 71.6 Å². The molecule has 31 heavy (non-hydrogen) atoms. The molecule has 0 saturated carbocycles. The van der Waals surface area contributed by atoms with Crippen molar-refractivity contribution in [2.45, 2.75) is 17.4 Å². The van der Waals surface area contributed by atoms with Crippen LogP contribution in [0.25, 0.3) is 0 Å². The summed E-state index contributed by atoms with van der Waals surface area (Å²) in [5, 5.41) is 2.84. The molecule has 3 aromatic carbocycles. The average Bonchev–Trinajstić information content (AvgIpc) is 2.72. The Hall–Kier alpha value is -2.65. The predicted octanol–water partition coefficient (Wildman–Crippen LogP) is 4.24. The maximum atomic E-state index is 14.1.